The molecule has 7 heteroatoms. The Kier molecular flexibility index (Phi) is 7.04. The van der Waals surface area contributed by atoms with Gasteiger partial charge in [0.15, 0.2) is 0 Å². The molecule has 0 saturated heterocycles. The Bertz CT molecular complexity index is 874. The van der Waals surface area contributed by atoms with E-state index < -0.39 is 6.10 Å². The molecule has 1 aliphatic rings. The summed E-state index contributed by atoms with van der Waals surface area (Å²) in [5.74, 6) is 1.29. The molecule has 0 spiro atoms. The minimum absolute atomic E-state index is 0.0469. The lowest BCUT2D eigenvalue weighted by Gasteiger charge is -2.23. The maximum absolute atomic E-state index is 12.8. The van der Waals surface area contributed by atoms with Crippen LogP contribution < -0.4 is 5.56 Å². The normalized spacial score (nSPS) is 18.0. The van der Waals surface area contributed by atoms with Crippen molar-refractivity contribution in [2.75, 3.05) is 19.7 Å². The van der Waals surface area contributed by atoms with Gasteiger partial charge in [0.05, 0.1) is 30.7 Å². The number of nitrogens with zero attached hydrogens (tertiary/aromatic N) is 2. The molecule has 0 aromatic carbocycles. The summed E-state index contributed by atoms with van der Waals surface area (Å²) < 4.78 is 5.49. The number of aliphatic hydroxyl groups is 1. The van der Waals surface area contributed by atoms with Gasteiger partial charge in [-0.15, -0.1) is 17.9 Å². The molecule has 2 N–H and O–H groups in total. The number of aromatic nitrogens is 2. The Morgan fingerprint density at radius 3 is 3.00 bits per heavy atom. The number of H-pyrrole nitrogens is 1. The fourth-order valence-corrected chi connectivity index (χ4v) is 5.12. The third-order valence-corrected chi connectivity index (χ3v) is 6.21. The molecule has 0 radical (unpaired) electrons. The number of fused-ring (bicyclic) bond motifs is 3. The summed E-state index contributed by atoms with van der Waals surface area (Å²) in [5, 5.41) is 11.0. The number of rotatable bonds is 9. The fourth-order valence-electron chi connectivity index (χ4n) is 3.72. The number of hydrogen-bond acceptors (Lipinski definition) is 6. The molecule has 1 aliphatic carbocycles. The zero-order chi connectivity index (χ0) is 20.3. The number of nitrogens with one attached hydrogen (secondary N) is 1. The molecule has 2 heterocycles. The van der Waals surface area contributed by atoms with Gasteiger partial charge in [-0.3, -0.25) is 9.69 Å². The Balaban J connectivity index is 1.78. The Morgan fingerprint density at radius 1 is 1.50 bits per heavy atom. The van der Waals surface area contributed by atoms with E-state index in [2.05, 4.69) is 18.5 Å². The minimum Gasteiger partial charge on any atom is -0.389 e. The van der Waals surface area contributed by atoms with Gasteiger partial charge < -0.3 is 14.8 Å². The lowest BCUT2D eigenvalue weighted by atomic mass is 9.89. The molecule has 0 aliphatic heterocycles. The molecule has 154 valence electrons. The van der Waals surface area contributed by atoms with Crippen molar-refractivity contribution in [2.24, 2.45) is 5.92 Å². The number of hydrogen-bond donors (Lipinski definition) is 2. The highest BCUT2D eigenvalue weighted by atomic mass is 32.1. The van der Waals surface area contributed by atoms with Crippen molar-refractivity contribution in [3.8, 4) is 0 Å². The zero-order valence-corrected chi connectivity index (χ0v) is 17.8. The van der Waals surface area contributed by atoms with E-state index in [1.165, 1.54) is 10.4 Å². The second kappa shape index (κ2) is 9.31. The molecule has 2 aromatic rings. The van der Waals surface area contributed by atoms with Gasteiger partial charge in [0, 0.05) is 18.0 Å². The number of aryl methyl sites for hydroxylation is 1. The molecule has 0 saturated carbocycles. The molecule has 0 amide bonds. The summed E-state index contributed by atoms with van der Waals surface area (Å²) in [6, 6.07) is 0. The molecular formula is C21H31N3O3S. The van der Waals surface area contributed by atoms with E-state index in [0.717, 1.165) is 29.5 Å². The van der Waals surface area contributed by atoms with E-state index >= 15 is 0 Å². The van der Waals surface area contributed by atoms with Gasteiger partial charge in [0.25, 0.3) is 5.56 Å². The maximum atomic E-state index is 12.8. The first-order valence-corrected chi connectivity index (χ1v) is 10.8. The van der Waals surface area contributed by atoms with Gasteiger partial charge in [0.1, 0.15) is 10.7 Å². The molecule has 2 atom stereocenters. The van der Waals surface area contributed by atoms with Crippen molar-refractivity contribution >= 4 is 21.6 Å². The Morgan fingerprint density at radius 2 is 2.29 bits per heavy atom. The van der Waals surface area contributed by atoms with Crippen LogP contribution >= 0.6 is 11.3 Å². The van der Waals surface area contributed by atoms with Gasteiger partial charge in [-0.05, 0) is 44.6 Å². The largest absolute Gasteiger partial charge is 0.389 e. The van der Waals surface area contributed by atoms with E-state index in [0.29, 0.717) is 31.4 Å². The number of aromatic amines is 1. The van der Waals surface area contributed by atoms with Crippen LogP contribution in [0.25, 0.3) is 10.2 Å². The van der Waals surface area contributed by atoms with E-state index in [1.54, 1.807) is 17.4 Å². The lowest BCUT2D eigenvalue weighted by molar-refractivity contribution is -0.00834. The Hall–Kier alpha value is -1.54. The van der Waals surface area contributed by atoms with Crippen LogP contribution in [0.4, 0.5) is 0 Å². The molecule has 3 rings (SSSR count). The van der Waals surface area contributed by atoms with E-state index in [4.69, 9.17) is 9.72 Å². The van der Waals surface area contributed by atoms with Crippen molar-refractivity contribution in [1.82, 2.24) is 14.9 Å². The summed E-state index contributed by atoms with van der Waals surface area (Å²) in [5.41, 5.74) is 1.15. The topological polar surface area (TPSA) is 78.5 Å². The predicted octanol–water partition coefficient (Wildman–Crippen LogP) is 2.88. The molecule has 6 nitrogen and oxygen atoms in total. The lowest BCUT2D eigenvalue weighted by Crippen LogP contribution is -2.36. The van der Waals surface area contributed by atoms with Crippen molar-refractivity contribution in [2.45, 2.75) is 58.8 Å². The van der Waals surface area contributed by atoms with E-state index in [1.807, 2.05) is 18.7 Å². The van der Waals surface area contributed by atoms with Crippen molar-refractivity contribution in [3.63, 3.8) is 0 Å². The quantitative estimate of drug-likeness (QED) is 0.627. The van der Waals surface area contributed by atoms with Gasteiger partial charge in [0.2, 0.25) is 0 Å². The van der Waals surface area contributed by atoms with Crippen molar-refractivity contribution in [3.05, 3.63) is 39.3 Å². The van der Waals surface area contributed by atoms with Crippen LogP contribution in [0.15, 0.2) is 17.4 Å². The summed E-state index contributed by atoms with van der Waals surface area (Å²) in [6.45, 7) is 11.7. The summed E-state index contributed by atoms with van der Waals surface area (Å²) >= 11 is 1.66. The van der Waals surface area contributed by atoms with E-state index in [-0.39, 0.29) is 18.3 Å². The standard InChI is InChI=1S/C21H31N3O3S/c1-5-8-24(10-15(25)12-27-13(2)3)11-18-22-20(26)19-16-7-6-14(4)9-17(16)28-21(19)23-18/h5,13-15,25H,1,6-12H2,2-4H3,(H,22,23,26)/t14-,15-/m0/s1. The SMILES string of the molecule is C=CCN(Cc1nc2sc3c(c2c(=O)[nH]1)CC[C@H](C)C3)C[C@H](O)COC(C)C. The first-order chi connectivity index (χ1) is 13.4. The van der Waals surface area contributed by atoms with Gasteiger partial charge in [-0.1, -0.05) is 13.0 Å². The minimum atomic E-state index is -0.603. The highest BCUT2D eigenvalue weighted by Gasteiger charge is 2.23. The first kappa shape index (κ1) is 21.2. The summed E-state index contributed by atoms with van der Waals surface area (Å²) in [4.78, 5) is 24.6. The Labute approximate surface area is 170 Å². The van der Waals surface area contributed by atoms with Gasteiger partial charge >= 0.3 is 0 Å². The van der Waals surface area contributed by atoms with Crippen molar-refractivity contribution in [1.29, 1.82) is 0 Å². The molecule has 0 fully saturated rings. The van der Waals surface area contributed by atoms with Crippen LogP contribution in [-0.2, 0) is 24.1 Å². The zero-order valence-electron chi connectivity index (χ0n) is 17.0. The second-order valence-corrected chi connectivity index (χ2v) is 9.15. The van der Waals surface area contributed by atoms with Crippen LogP contribution in [0, 0.1) is 5.92 Å². The van der Waals surface area contributed by atoms with Gasteiger partial charge in [-0.2, -0.15) is 0 Å². The molecule has 0 bridgehead atoms. The van der Waals surface area contributed by atoms with Crippen LogP contribution in [0.5, 0.6) is 0 Å². The maximum Gasteiger partial charge on any atom is 0.259 e. The van der Waals surface area contributed by atoms with E-state index in [9.17, 15) is 9.90 Å². The fraction of sp³-hybridized carbons (Fsp3) is 0.619. The number of ether oxygens (including phenoxy) is 1. The van der Waals surface area contributed by atoms with Crippen LogP contribution in [0.2, 0.25) is 0 Å². The second-order valence-electron chi connectivity index (χ2n) is 8.06. The average molecular weight is 406 g/mol. The molecule has 0 unspecified atom stereocenters. The number of aliphatic hydroxyl groups excluding tert-OH is 1. The molecule has 2 aromatic heterocycles. The molecule has 28 heavy (non-hydrogen) atoms. The predicted molar refractivity (Wildman–Crippen MR) is 114 cm³/mol. The monoisotopic (exact) mass is 405 g/mol. The highest BCUT2D eigenvalue weighted by molar-refractivity contribution is 7.18. The van der Waals surface area contributed by atoms with Crippen molar-refractivity contribution < 1.29 is 9.84 Å². The van der Waals surface area contributed by atoms with Gasteiger partial charge in [-0.25, -0.2) is 4.98 Å². The summed E-state index contributed by atoms with van der Waals surface area (Å²) in [7, 11) is 0. The van der Waals surface area contributed by atoms with Crippen LogP contribution in [0.3, 0.4) is 0 Å². The van der Waals surface area contributed by atoms with Crippen LogP contribution in [-0.4, -0.2) is 51.9 Å². The first-order valence-electron chi connectivity index (χ1n) is 10.0. The van der Waals surface area contributed by atoms with Crippen LogP contribution in [0.1, 0.15) is 43.5 Å². The highest BCUT2D eigenvalue weighted by Crippen LogP contribution is 2.35. The third kappa shape index (κ3) is 5.08. The summed E-state index contributed by atoms with van der Waals surface area (Å²) in [6.07, 6.45) is 4.39. The average Bonchev–Trinajstić information content (AvgIpc) is 2.97. The molecular weight excluding hydrogens is 374 g/mol. The number of thiophene rings is 1. The third-order valence-electron chi connectivity index (χ3n) is 5.07. The smallest absolute Gasteiger partial charge is 0.259 e.